The van der Waals surface area contributed by atoms with Crippen molar-refractivity contribution in [2.75, 3.05) is 0 Å². The van der Waals surface area contributed by atoms with E-state index in [-0.39, 0.29) is 53.2 Å². The number of guanidine groups is 4. The summed E-state index contributed by atoms with van der Waals surface area (Å²) in [6.45, 7) is 0. The Kier molecular flexibility index (Phi) is 24.5. The molecule has 0 amide bonds. The number of hydrogen-bond donors (Lipinski definition) is 12. The maximum Gasteiger partial charge on any atom is 0.328 e. The van der Waals surface area contributed by atoms with E-state index in [0.717, 1.165) is 62.8 Å². The SMILES string of the molecule is NC(N)=Nc1nc(C2CCCC(NC(N)=N[N+](=O)[O-])C2)cs1.NC(N)=Nc1nc(C2CCCC(NC(N)=N[N+](=O)[O-])C2)cs1.O.O=C(O)/C=C\C(=O)O.O=C(O)/C=C\C(=O)O. The number of carboxylic acids is 4. The minimum Gasteiger partial charge on any atom is -0.478 e. The molecule has 0 spiro atoms. The fourth-order valence-corrected chi connectivity index (χ4v) is 6.94. The van der Waals surface area contributed by atoms with Crippen molar-refractivity contribution < 1.29 is 55.1 Å². The molecule has 4 rings (SSSR count). The Bertz CT molecular complexity index is 1800. The van der Waals surface area contributed by atoms with Crippen LogP contribution in [0.4, 0.5) is 10.3 Å². The smallest absolute Gasteiger partial charge is 0.328 e. The molecule has 31 heteroatoms. The van der Waals surface area contributed by atoms with Crippen LogP contribution in [0.5, 0.6) is 0 Å². The van der Waals surface area contributed by atoms with Gasteiger partial charge in [-0.15, -0.1) is 22.7 Å². The first-order chi connectivity index (χ1) is 28.1. The first-order valence-electron chi connectivity index (χ1n) is 17.0. The number of aliphatic imine (C=N–C) groups is 2. The maximum atomic E-state index is 10.3. The number of nitrogens with two attached hydrogens (primary N) is 6. The second kappa shape index (κ2) is 28.0. The maximum absolute atomic E-state index is 10.3. The number of carboxylic acid groups (broad SMARTS) is 4. The van der Waals surface area contributed by atoms with Gasteiger partial charge in [0, 0.05) is 59.0 Å². The highest BCUT2D eigenvalue weighted by molar-refractivity contribution is 7.13. The number of hydrazone groups is 2. The molecule has 2 heterocycles. The first kappa shape index (κ1) is 53.5. The molecule has 2 aromatic heterocycles. The monoisotopic (exact) mass is 902 g/mol. The molecule has 336 valence electrons. The number of carbonyl (C=O) groups is 4. The summed E-state index contributed by atoms with van der Waals surface area (Å²) in [5.41, 5.74) is 34.2. The Morgan fingerprint density at radius 3 is 1.21 bits per heavy atom. The number of aromatic nitrogens is 2. The lowest BCUT2D eigenvalue weighted by Crippen LogP contribution is -2.42. The van der Waals surface area contributed by atoms with Gasteiger partial charge in [0.25, 0.3) is 11.9 Å². The molecule has 0 radical (unpaired) electrons. The van der Waals surface area contributed by atoms with Crippen molar-refractivity contribution in [2.24, 2.45) is 54.6 Å². The van der Waals surface area contributed by atoms with E-state index in [4.69, 9.17) is 54.8 Å². The average Bonchev–Trinajstić information content (AvgIpc) is 3.79. The average molecular weight is 903 g/mol. The summed E-state index contributed by atoms with van der Waals surface area (Å²) in [6, 6.07) is 0.0753. The molecule has 61 heavy (non-hydrogen) atoms. The van der Waals surface area contributed by atoms with Crippen molar-refractivity contribution in [3.05, 3.63) is 66.7 Å². The highest BCUT2D eigenvalue weighted by Crippen LogP contribution is 2.36. The van der Waals surface area contributed by atoms with Gasteiger partial charge < -0.3 is 70.9 Å². The van der Waals surface area contributed by atoms with E-state index in [0.29, 0.717) is 34.6 Å². The standard InChI is InChI=1S/2C11H18N8O2S.2C4H4O4.H2O/c2*12-9(13)17-11-16-8(5-22-11)6-2-1-3-7(4-6)15-10(14)18-19(20)21;2*5-3(6)1-2-4(7)8;/h2*5-7H,1-4H2,(H3,14,15,18)(H4,12,13,16,17);2*1-2H,(H,5,6)(H,7,8);1H2/b;;2*2-1-;. The fraction of sp³-hybridized carbons (Fsp3) is 0.400. The van der Waals surface area contributed by atoms with Crippen LogP contribution in [0.25, 0.3) is 0 Å². The molecular weight excluding hydrogens is 857 g/mol. The summed E-state index contributed by atoms with van der Waals surface area (Å²) >= 11 is 2.76. The summed E-state index contributed by atoms with van der Waals surface area (Å²) in [7, 11) is 0. The zero-order valence-electron chi connectivity index (χ0n) is 31.8. The molecule has 4 unspecified atom stereocenters. The summed E-state index contributed by atoms with van der Waals surface area (Å²) in [4.78, 5) is 75.5. The highest BCUT2D eigenvalue weighted by Gasteiger charge is 2.27. The van der Waals surface area contributed by atoms with Crippen molar-refractivity contribution in [1.82, 2.24) is 20.6 Å². The number of hydrogen-bond acceptors (Lipinski definition) is 14. The summed E-state index contributed by atoms with van der Waals surface area (Å²) in [5, 5.41) is 67.0. The molecule has 0 saturated heterocycles. The highest BCUT2D eigenvalue weighted by atomic mass is 32.1. The topological polar surface area (TPSA) is 522 Å². The summed E-state index contributed by atoms with van der Waals surface area (Å²) in [5.74, 6) is -4.92. The van der Waals surface area contributed by atoms with Gasteiger partial charge in [-0.3, -0.25) is 0 Å². The van der Waals surface area contributed by atoms with Crippen LogP contribution in [0, 0.1) is 20.2 Å². The number of nitro groups is 2. The quantitative estimate of drug-likeness (QED) is 0.0397. The Morgan fingerprint density at radius 1 is 0.639 bits per heavy atom. The minimum atomic E-state index is -1.26. The third-order valence-corrected chi connectivity index (χ3v) is 8.98. The van der Waals surface area contributed by atoms with Crippen LogP contribution in [-0.4, -0.2) is 106 Å². The van der Waals surface area contributed by atoms with Crippen molar-refractivity contribution in [1.29, 1.82) is 0 Å². The molecule has 0 aliphatic heterocycles. The molecule has 20 N–H and O–H groups in total. The zero-order valence-corrected chi connectivity index (χ0v) is 33.5. The van der Waals surface area contributed by atoms with Crippen molar-refractivity contribution in [3.8, 4) is 0 Å². The van der Waals surface area contributed by atoms with Gasteiger partial charge in [0.15, 0.2) is 22.0 Å². The molecule has 2 saturated carbocycles. The summed E-state index contributed by atoms with van der Waals surface area (Å²) in [6.07, 6.45) is 9.50. The molecule has 2 aromatic rings. The Balaban J connectivity index is 0.000000866. The zero-order chi connectivity index (χ0) is 45.4. The molecular formula is C30H46N16O13S2. The predicted molar refractivity (Wildman–Crippen MR) is 221 cm³/mol. The van der Waals surface area contributed by atoms with Crippen LogP contribution < -0.4 is 45.0 Å². The summed E-state index contributed by atoms with van der Waals surface area (Å²) < 4.78 is 0. The molecule has 0 aromatic carbocycles. The van der Waals surface area contributed by atoms with E-state index in [2.05, 4.69) is 40.8 Å². The van der Waals surface area contributed by atoms with Gasteiger partial charge in [-0.2, -0.15) is 9.98 Å². The number of aliphatic carboxylic acids is 4. The lowest BCUT2D eigenvalue weighted by molar-refractivity contribution is -0.485. The van der Waals surface area contributed by atoms with E-state index in [9.17, 15) is 39.4 Å². The Morgan fingerprint density at radius 2 is 0.951 bits per heavy atom. The number of thiazole rings is 2. The van der Waals surface area contributed by atoms with Crippen molar-refractivity contribution >= 4 is 80.7 Å². The molecule has 4 atom stereocenters. The second-order valence-electron chi connectivity index (χ2n) is 12.1. The van der Waals surface area contributed by atoms with E-state index in [1.54, 1.807) is 0 Å². The molecule has 2 aliphatic carbocycles. The molecule has 2 fully saturated rings. The van der Waals surface area contributed by atoms with Gasteiger partial charge in [0.1, 0.15) is 10.2 Å². The minimum absolute atomic E-state index is 0. The van der Waals surface area contributed by atoms with E-state index >= 15 is 0 Å². The Labute approximate surface area is 352 Å². The normalized spacial score (nSPS) is 18.4. The third kappa shape index (κ3) is 25.4. The van der Waals surface area contributed by atoms with Crippen LogP contribution in [0.1, 0.15) is 74.6 Å². The molecule has 2 aliphatic rings. The van der Waals surface area contributed by atoms with Gasteiger partial charge in [-0.05, 0) is 38.5 Å². The number of nitrogens with one attached hydrogen (secondary N) is 2. The predicted octanol–water partition coefficient (Wildman–Crippen LogP) is -1.06. The van der Waals surface area contributed by atoms with Crippen LogP contribution in [0.15, 0.2) is 55.3 Å². The van der Waals surface area contributed by atoms with E-state index in [1.165, 1.54) is 22.7 Å². The lowest BCUT2D eigenvalue weighted by atomic mass is 9.84. The molecule has 29 nitrogen and oxygen atoms in total. The number of rotatable bonds is 12. The van der Waals surface area contributed by atoms with Crippen LogP contribution in [0.2, 0.25) is 0 Å². The van der Waals surface area contributed by atoms with Gasteiger partial charge in [0.2, 0.25) is 10.3 Å². The van der Waals surface area contributed by atoms with Gasteiger partial charge >= 0.3 is 23.9 Å². The van der Waals surface area contributed by atoms with Gasteiger partial charge in [0.05, 0.1) is 11.4 Å². The van der Waals surface area contributed by atoms with Gasteiger partial charge in [-0.1, -0.05) is 12.8 Å². The third-order valence-electron chi connectivity index (χ3n) is 7.47. The van der Waals surface area contributed by atoms with Gasteiger partial charge in [-0.25, -0.2) is 49.4 Å². The lowest BCUT2D eigenvalue weighted by Gasteiger charge is -2.28. The van der Waals surface area contributed by atoms with Crippen LogP contribution >= 0.6 is 22.7 Å². The largest absolute Gasteiger partial charge is 0.478 e. The first-order valence-corrected chi connectivity index (χ1v) is 18.8. The fourth-order valence-electron chi connectivity index (χ4n) is 5.37. The van der Waals surface area contributed by atoms with Crippen molar-refractivity contribution in [2.45, 2.75) is 75.3 Å². The number of nitrogens with zero attached hydrogens (tertiary/aromatic N) is 8. The van der Waals surface area contributed by atoms with Crippen LogP contribution in [0.3, 0.4) is 0 Å². The van der Waals surface area contributed by atoms with E-state index < -0.39 is 33.9 Å². The van der Waals surface area contributed by atoms with E-state index in [1.807, 2.05) is 10.8 Å². The van der Waals surface area contributed by atoms with Crippen LogP contribution in [-0.2, 0) is 19.2 Å². The molecule has 0 bridgehead atoms. The van der Waals surface area contributed by atoms with Crippen molar-refractivity contribution in [3.63, 3.8) is 0 Å². The Hall–Kier alpha value is -7.54. The second-order valence-corrected chi connectivity index (χ2v) is 13.7.